The molecule has 0 spiro atoms. The van der Waals surface area contributed by atoms with Crippen molar-refractivity contribution in [1.29, 1.82) is 0 Å². The highest BCUT2D eigenvalue weighted by molar-refractivity contribution is 5.48. The Morgan fingerprint density at radius 2 is 1.76 bits per heavy atom. The Morgan fingerprint density at radius 1 is 1.12 bits per heavy atom. The van der Waals surface area contributed by atoms with E-state index in [9.17, 15) is 10.2 Å². The van der Waals surface area contributed by atoms with Crippen LogP contribution in [0.3, 0.4) is 0 Å². The van der Waals surface area contributed by atoms with Gasteiger partial charge in [0.15, 0.2) is 0 Å². The predicted octanol–water partition coefficient (Wildman–Crippen LogP) is 2.57. The molecule has 0 saturated heterocycles. The van der Waals surface area contributed by atoms with Crippen LogP contribution >= 0.6 is 0 Å². The lowest BCUT2D eigenvalue weighted by Gasteiger charge is -2.37. The van der Waals surface area contributed by atoms with Gasteiger partial charge in [-0.15, -0.1) is 0 Å². The molecule has 3 heteroatoms. The van der Waals surface area contributed by atoms with Crippen LogP contribution in [0, 0.1) is 6.92 Å². The van der Waals surface area contributed by atoms with Gasteiger partial charge in [0.05, 0.1) is 0 Å². The summed E-state index contributed by atoms with van der Waals surface area (Å²) in [5, 5.41) is 19.6. The second kappa shape index (κ2) is 4.57. The summed E-state index contributed by atoms with van der Waals surface area (Å²) in [6, 6.07) is 3.33. The van der Waals surface area contributed by atoms with Gasteiger partial charge < -0.3 is 15.9 Å². The number of aryl methyl sites for hydroxylation is 1. The van der Waals surface area contributed by atoms with Crippen molar-refractivity contribution in [2.24, 2.45) is 5.73 Å². The number of rotatable bonds is 2. The van der Waals surface area contributed by atoms with Crippen molar-refractivity contribution in [2.75, 3.05) is 6.54 Å². The molecule has 1 aromatic carbocycles. The highest BCUT2D eigenvalue weighted by atomic mass is 16.3. The molecule has 0 bridgehead atoms. The minimum atomic E-state index is -0.0964. The van der Waals surface area contributed by atoms with E-state index < -0.39 is 0 Å². The Bertz CT molecular complexity index is 409. The van der Waals surface area contributed by atoms with Gasteiger partial charge in [-0.3, -0.25) is 0 Å². The first-order chi connectivity index (χ1) is 8.09. The maximum Gasteiger partial charge on any atom is 0.123 e. The molecular formula is C14H21NO2. The minimum absolute atomic E-state index is 0.0964. The number of phenols is 2. The van der Waals surface area contributed by atoms with Crippen molar-refractivity contribution in [3.05, 3.63) is 23.3 Å². The van der Waals surface area contributed by atoms with Crippen molar-refractivity contribution in [1.82, 2.24) is 0 Å². The van der Waals surface area contributed by atoms with E-state index in [4.69, 9.17) is 5.73 Å². The van der Waals surface area contributed by atoms with Crippen LogP contribution in [0.4, 0.5) is 0 Å². The molecule has 1 fully saturated rings. The Kier molecular flexibility index (Phi) is 3.29. The lowest BCUT2D eigenvalue weighted by Crippen LogP contribution is -2.37. The molecule has 1 aromatic rings. The molecule has 0 radical (unpaired) electrons. The fourth-order valence-electron chi connectivity index (χ4n) is 2.92. The average Bonchev–Trinajstić information content (AvgIpc) is 2.34. The second-order valence-electron chi connectivity index (χ2n) is 5.20. The molecule has 0 unspecified atom stereocenters. The van der Waals surface area contributed by atoms with Crippen LogP contribution in [0.5, 0.6) is 11.5 Å². The summed E-state index contributed by atoms with van der Waals surface area (Å²) in [4.78, 5) is 0. The summed E-state index contributed by atoms with van der Waals surface area (Å²) in [5.74, 6) is 0.328. The maximum absolute atomic E-state index is 10.0. The van der Waals surface area contributed by atoms with E-state index in [0.29, 0.717) is 6.54 Å². The lowest BCUT2D eigenvalue weighted by atomic mass is 9.69. The molecule has 17 heavy (non-hydrogen) atoms. The van der Waals surface area contributed by atoms with Crippen LogP contribution in [0.15, 0.2) is 12.1 Å². The zero-order valence-corrected chi connectivity index (χ0v) is 10.4. The summed E-state index contributed by atoms with van der Waals surface area (Å²) >= 11 is 0. The maximum atomic E-state index is 10.0. The first-order valence-corrected chi connectivity index (χ1v) is 6.32. The zero-order chi connectivity index (χ0) is 12.5. The number of benzene rings is 1. The van der Waals surface area contributed by atoms with E-state index in [1.165, 1.54) is 12.5 Å². The number of nitrogens with two attached hydrogens (primary N) is 1. The van der Waals surface area contributed by atoms with Crippen LogP contribution in [0.2, 0.25) is 0 Å². The third-order valence-corrected chi connectivity index (χ3v) is 4.09. The van der Waals surface area contributed by atoms with Gasteiger partial charge in [0.1, 0.15) is 11.5 Å². The van der Waals surface area contributed by atoms with Crippen LogP contribution < -0.4 is 5.73 Å². The third-order valence-electron chi connectivity index (χ3n) is 4.09. The quantitative estimate of drug-likeness (QED) is 0.738. The molecule has 0 amide bonds. The summed E-state index contributed by atoms with van der Waals surface area (Å²) in [7, 11) is 0. The summed E-state index contributed by atoms with van der Waals surface area (Å²) in [6.45, 7) is 2.41. The van der Waals surface area contributed by atoms with Crippen molar-refractivity contribution < 1.29 is 10.2 Å². The highest BCUT2D eigenvalue weighted by Gasteiger charge is 2.35. The zero-order valence-electron chi connectivity index (χ0n) is 10.4. The Balaban J connectivity index is 2.46. The number of hydrogen-bond acceptors (Lipinski definition) is 3. The molecule has 1 saturated carbocycles. The molecule has 0 aliphatic heterocycles. The van der Waals surface area contributed by atoms with Crippen LogP contribution in [-0.2, 0) is 5.41 Å². The standard InChI is InChI=1S/C14H21NO2/c1-10-7-11(13(17)8-12(10)16)14(9-15)5-3-2-4-6-14/h7-8,16-17H,2-6,9,15H2,1H3. The Morgan fingerprint density at radius 3 is 2.35 bits per heavy atom. The molecule has 0 aromatic heterocycles. The van der Waals surface area contributed by atoms with Gasteiger partial charge in [0, 0.05) is 23.6 Å². The molecule has 1 aliphatic carbocycles. The molecule has 3 nitrogen and oxygen atoms in total. The van der Waals surface area contributed by atoms with Crippen LogP contribution in [0.25, 0.3) is 0 Å². The lowest BCUT2D eigenvalue weighted by molar-refractivity contribution is 0.290. The smallest absolute Gasteiger partial charge is 0.123 e. The number of hydrogen-bond donors (Lipinski definition) is 3. The van der Waals surface area contributed by atoms with Gasteiger partial charge in [-0.1, -0.05) is 19.3 Å². The SMILES string of the molecule is Cc1cc(C2(CN)CCCCC2)c(O)cc1O. The third kappa shape index (κ3) is 2.12. The summed E-state index contributed by atoms with van der Waals surface area (Å²) in [5.41, 5.74) is 7.57. The number of phenolic OH excluding ortho intramolecular Hbond substituents is 2. The van der Waals surface area contributed by atoms with Crippen LogP contribution in [0.1, 0.15) is 43.2 Å². The molecule has 4 N–H and O–H groups in total. The molecule has 0 heterocycles. The number of aromatic hydroxyl groups is 2. The fraction of sp³-hybridized carbons (Fsp3) is 0.571. The van der Waals surface area contributed by atoms with Gasteiger partial charge in [-0.2, -0.15) is 0 Å². The average molecular weight is 235 g/mol. The van der Waals surface area contributed by atoms with E-state index in [2.05, 4.69) is 0 Å². The van der Waals surface area contributed by atoms with Gasteiger partial charge in [0.2, 0.25) is 0 Å². The van der Waals surface area contributed by atoms with E-state index >= 15 is 0 Å². The van der Waals surface area contributed by atoms with Crippen molar-refractivity contribution in [3.63, 3.8) is 0 Å². The van der Waals surface area contributed by atoms with Crippen LogP contribution in [-0.4, -0.2) is 16.8 Å². The molecular weight excluding hydrogens is 214 g/mol. The topological polar surface area (TPSA) is 66.5 Å². The normalized spacial score (nSPS) is 19.2. The molecule has 0 atom stereocenters. The fourth-order valence-corrected chi connectivity index (χ4v) is 2.92. The van der Waals surface area contributed by atoms with E-state index in [0.717, 1.165) is 36.8 Å². The van der Waals surface area contributed by atoms with Crippen molar-refractivity contribution in [3.8, 4) is 11.5 Å². The molecule has 1 aliphatic rings. The van der Waals surface area contributed by atoms with E-state index in [1.54, 1.807) is 0 Å². The van der Waals surface area contributed by atoms with Gasteiger partial charge in [-0.25, -0.2) is 0 Å². The largest absolute Gasteiger partial charge is 0.508 e. The Labute approximate surface area is 102 Å². The van der Waals surface area contributed by atoms with Gasteiger partial charge in [0.25, 0.3) is 0 Å². The van der Waals surface area contributed by atoms with Crippen molar-refractivity contribution in [2.45, 2.75) is 44.4 Å². The first kappa shape index (κ1) is 12.2. The minimum Gasteiger partial charge on any atom is -0.508 e. The second-order valence-corrected chi connectivity index (χ2v) is 5.20. The Hall–Kier alpha value is -1.22. The van der Waals surface area contributed by atoms with Gasteiger partial charge >= 0.3 is 0 Å². The first-order valence-electron chi connectivity index (χ1n) is 6.32. The van der Waals surface area contributed by atoms with E-state index in [1.807, 2.05) is 13.0 Å². The highest BCUT2D eigenvalue weighted by Crippen LogP contribution is 2.43. The van der Waals surface area contributed by atoms with Gasteiger partial charge in [-0.05, 0) is 31.4 Å². The van der Waals surface area contributed by atoms with Crippen molar-refractivity contribution >= 4 is 0 Å². The summed E-state index contributed by atoms with van der Waals surface area (Å²) in [6.07, 6.45) is 5.63. The molecule has 94 valence electrons. The van der Waals surface area contributed by atoms with E-state index in [-0.39, 0.29) is 16.9 Å². The summed E-state index contributed by atoms with van der Waals surface area (Å²) < 4.78 is 0. The monoisotopic (exact) mass is 235 g/mol. The predicted molar refractivity (Wildman–Crippen MR) is 68.3 cm³/mol. The molecule has 2 rings (SSSR count).